The molecule has 0 saturated heterocycles. The van der Waals surface area contributed by atoms with E-state index in [0.29, 0.717) is 30.9 Å². The van der Waals surface area contributed by atoms with Crippen molar-refractivity contribution >= 4 is 74.9 Å². The molecule has 0 aliphatic heterocycles. The molecule has 2 aromatic rings. The first-order valence-electron chi connectivity index (χ1n) is 13.1. The van der Waals surface area contributed by atoms with Crippen molar-refractivity contribution in [2.24, 2.45) is 0 Å². The first-order valence-corrected chi connectivity index (χ1v) is 15.3. The molecule has 10 nitrogen and oxygen atoms in total. The number of esters is 2. The average Bonchev–Trinajstić information content (AvgIpc) is 2.94. The molecule has 0 atom stereocenters. The predicted octanol–water partition coefficient (Wildman–Crippen LogP) is 5.22. The number of aryl methyl sites for hydroxylation is 4. The van der Waals surface area contributed by atoms with Crippen molar-refractivity contribution < 1.29 is 38.6 Å². The van der Waals surface area contributed by atoms with Crippen molar-refractivity contribution in [3.8, 4) is 0 Å². The number of hydrogen-bond donors (Lipinski definition) is 3. The van der Waals surface area contributed by atoms with Gasteiger partial charge in [-0.1, -0.05) is 12.7 Å². The second-order valence-corrected chi connectivity index (χ2v) is 11.1. The first-order chi connectivity index (χ1) is 20.2. The molecule has 2 rings (SSSR count). The molecule has 43 heavy (non-hydrogen) atoms. The molecule has 0 fully saturated rings. The van der Waals surface area contributed by atoms with Gasteiger partial charge in [-0.05, 0) is 133 Å². The number of carboxylic acids is 1. The van der Waals surface area contributed by atoms with E-state index in [-0.39, 0.29) is 24.3 Å². The summed E-state index contributed by atoms with van der Waals surface area (Å²) >= 11 is 4.21. The molecule has 0 aromatic heterocycles. The Balaban J connectivity index is 0.000000684. The van der Waals surface area contributed by atoms with Crippen LogP contribution in [0.25, 0.3) is 0 Å². The van der Waals surface area contributed by atoms with E-state index in [2.05, 4.69) is 67.1 Å². The van der Waals surface area contributed by atoms with E-state index < -0.39 is 11.9 Å². The molecule has 3 N–H and O–H groups in total. The second-order valence-electron chi connectivity index (χ2n) is 8.73. The summed E-state index contributed by atoms with van der Waals surface area (Å²) in [5, 5.41) is 13.5. The molecular weight excluding hydrogens is 782 g/mol. The molecule has 0 radical (unpaired) electrons. The number of halogens is 2. The van der Waals surface area contributed by atoms with E-state index in [1.165, 1.54) is 6.08 Å². The Labute approximate surface area is 280 Å². The SMILES string of the molecule is C=CC(=O)OCC.CCOC(=O)/C=C\CNC(=O)c1cc(C)c(C)cc1I.Cc1cc(I)c(C(=O)NCC(=O)O)cc1C. The summed E-state index contributed by atoms with van der Waals surface area (Å²) in [6.07, 6.45) is 4.03. The maximum Gasteiger partial charge on any atom is 0.330 e. The summed E-state index contributed by atoms with van der Waals surface area (Å²) in [5.74, 6) is -2.31. The van der Waals surface area contributed by atoms with Crippen LogP contribution in [0.4, 0.5) is 0 Å². The monoisotopic (exact) mass is 820 g/mol. The van der Waals surface area contributed by atoms with Gasteiger partial charge in [0.1, 0.15) is 6.54 Å². The van der Waals surface area contributed by atoms with Crippen LogP contribution in [0.5, 0.6) is 0 Å². The maximum absolute atomic E-state index is 12.0. The number of carboxylic acid groups (broad SMARTS) is 1. The van der Waals surface area contributed by atoms with Crippen LogP contribution in [0.2, 0.25) is 0 Å². The van der Waals surface area contributed by atoms with Crippen LogP contribution in [0.15, 0.2) is 49.1 Å². The van der Waals surface area contributed by atoms with Crippen molar-refractivity contribution in [3.63, 3.8) is 0 Å². The summed E-state index contributed by atoms with van der Waals surface area (Å²) in [4.78, 5) is 55.2. The number of ether oxygens (including phenoxy) is 2. The second kappa shape index (κ2) is 21.4. The molecule has 0 aliphatic carbocycles. The molecule has 12 heteroatoms. The Morgan fingerprint density at radius 3 is 1.58 bits per heavy atom. The van der Waals surface area contributed by atoms with Gasteiger partial charge in [0.25, 0.3) is 11.8 Å². The highest BCUT2D eigenvalue weighted by Gasteiger charge is 2.12. The van der Waals surface area contributed by atoms with Gasteiger partial charge in [-0.3, -0.25) is 14.4 Å². The Hall–Kier alpha value is -3.27. The molecule has 0 unspecified atom stereocenters. The lowest BCUT2D eigenvalue weighted by molar-refractivity contribution is -0.138. The third-order valence-electron chi connectivity index (χ3n) is 5.43. The summed E-state index contributed by atoms with van der Waals surface area (Å²) in [7, 11) is 0. The van der Waals surface area contributed by atoms with Gasteiger partial charge in [0, 0.05) is 25.8 Å². The van der Waals surface area contributed by atoms with E-state index in [1.807, 2.05) is 45.9 Å². The lowest BCUT2D eigenvalue weighted by Crippen LogP contribution is -2.29. The van der Waals surface area contributed by atoms with E-state index in [4.69, 9.17) is 9.84 Å². The third-order valence-corrected chi connectivity index (χ3v) is 7.22. The van der Waals surface area contributed by atoms with E-state index in [1.54, 1.807) is 26.0 Å². The Kier molecular flexibility index (Phi) is 19.8. The van der Waals surface area contributed by atoms with Gasteiger partial charge in [-0.25, -0.2) is 9.59 Å². The fraction of sp³-hybridized carbons (Fsp3) is 0.323. The number of aliphatic carboxylic acids is 1. The van der Waals surface area contributed by atoms with Crippen LogP contribution in [0, 0.1) is 34.8 Å². The number of nitrogens with one attached hydrogen (secondary N) is 2. The number of rotatable bonds is 10. The van der Waals surface area contributed by atoms with E-state index in [9.17, 15) is 24.0 Å². The van der Waals surface area contributed by atoms with Crippen LogP contribution in [-0.4, -0.2) is 61.1 Å². The number of carbonyl (C=O) groups excluding carboxylic acids is 4. The highest BCUT2D eigenvalue weighted by atomic mass is 127. The van der Waals surface area contributed by atoms with Gasteiger partial charge in [0.2, 0.25) is 0 Å². The standard InChI is InChI=1S/C15H18INO3.C11H12INO3.C5H8O2/c1-4-20-14(18)6-5-7-17-15(19)12-8-10(2)11(3)9-13(12)16;1-6-3-8(9(12)4-7(6)2)11(16)13-5-10(14)15;1-3-5(6)7-4-2/h5-6,8-9H,4,7H2,1-3H3,(H,17,19);3-4H,5H2,1-2H3,(H,13,16)(H,14,15);3H,1,4H2,2H3/b6-5-;;. The largest absolute Gasteiger partial charge is 0.480 e. The van der Waals surface area contributed by atoms with Crippen molar-refractivity contribution in [1.82, 2.24) is 10.6 Å². The average molecular weight is 820 g/mol. The van der Waals surface area contributed by atoms with Crippen molar-refractivity contribution in [2.45, 2.75) is 41.5 Å². The highest BCUT2D eigenvalue weighted by Crippen LogP contribution is 2.19. The fourth-order valence-electron chi connectivity index (χ4n) is 2.95. The molecule has 234 valence electrons. The summed E-state index contributed by atoms with van der Waals surface area (Å²) in [6, 6.07) is 7.54. The maximum atomic E-state index is 12.0. The van der Waals surface area contributed by atoms with Gasteiger partial charge < -0.3 is 25.2 Å². The fourth-order valence-corrected chi connectivity index (χ4v) is 4.69. The zero-order valence-corrected chi connectivity index (χ0v) is 29.5. The summed E-state index contributed by atoms with van der Waals surface area (Å²) in [6.45, 7) is 15.3. The summed E-state index contributed by atoms with van der Waals surface area (Å²) in [5.41, 5.74) is 5.54. The van der Waals surface area contributed by atoms with Crippen LogP contribution >= 0.6 is 45.2 Å². The number of hydrogen-bond acceptors (Lipinski definition) is 7. The Morgan fingerprint density at radius 2 is 1.19 bits per heavy atom. The number of amides is 2. The zero-order chi connectivity index (χ0) is 33.1. The van der Waals surface area contributed by atoms with Crippen LogP contribution in [-0.2, 0) is 23.9 Å². The highest BCUT2D eigenvalue weighted by molar-refractivity contribution is 14.1. The van der Waals surface area contributed by atoms with Gasteiger partial charge in [0.05, 0.1) is 24.3 Å². The van der Waals surface area contributed by atoms with E-state index >= 15 is 0 Å². The molecule has 2 amide bonds. The molecule has 0 saturated carbocycles. The van der Waals surface area contributed by atoms with Crippen molar-refractivity contribution in [1.29, 1.82) is 0 Å². The van der Waals surface area contributed by atoms with Gasteiger partial charge in [-0.2, -0.15) is 0 Å². The quantitative estimate of drug-likeness (QED) is 0.168. The van der Waals surface area contributed by atoms with Crippen molar-refractivity contribution in [3.05, 3.63) is 89.6 Å². The smallest absolute Gasteiger partial charge is 0.330 e. The van der Waals surface area contributed by atoms with Gasteiger partial charge >= 0.3 is 17.9 Å². The first kappa shape index (κ1) is 39.7. The van der Waals surface area contributed by atoms with Crippen LogP contribution < -0.4 is 10.6 Å². The van der Waals surface area contributed by atoms with Crippen LogP contribution in [0.3, 0.4) is 0 Å². The minimum absolute atomic E-state index is 0.147. The topological polar surface area (TPSA) is 148 Å². The van der Waals surface area contributed by atoms with Crippen LogP contribution in [0.1, 0.15) is 56.8 Å². The van der Waals surface area contributed by atoms with Crippen molar-refractivity contribution in [2.75, 3.05) is 26.3 Å². The molecule has 0 heterocycles. The number of benzene rings is 2. The van der Waals surface area contributed by atoms with E-state index in [0.717, 1.165) is 35.5 Å². The lowest BCUT2D eigenvalue weighted by atomic mass is 10.1. The molecule has 0 aliphatic rings. The van der Waals surface area contributed by atoms with Gasteiger partial charge in [-0.15, -0.1) is 0 Å². The molecular formula is C31H38I2N2O8. The normalized spacial score (nSPS) is 9.86. The van der Waals surface area contributed by atoms with Gasteiger partial charge in [0.15, 0.2) is 0 Å². The predicted molar refractivity (Wildman–Crippen MR) is 182 cm³/mol. The lowest BCUT2D eigenvalue weighted by Gasteiger charge is -2.08. The Morgan fingerprint density at radius 1 is 0.767 bits per heavy atom. The minimum atomic E-state index is -1.05. The zero-order valence-electron chi connectivity index (χ0n) is 25.1. The number of carbonyl (C=O) groups is 5. The minimum Gasteiger partial charge on any atom is -0.480 e. The summed E-state index contributed by atoms with van der Waals surface area (Å²) < 4.78 is 10.9. The molecule has 2 aromatic carbocycles. The third kappa shape index (κ3) is 16.2. The molecule has 0 spiro atoms. The molecule has 0 bridgehead atoms. The Bertz CT molecular complexity index is 1340.